The lowest BCUT2D eigenvalue weighted by molar-refractivity contribution is -0.364. The number of aromatic amines is 2. The number of carbonyl (C=O) groups excluding carboxylic acids is 1. The van der Waals surface area contributed by atoms with E-state index in [1.807, 2.05) is 43.5 Å². The van der Waals surface area contributed by atoms with Gasteiger partial charge in [-0.15, -0.1) is 0 Å². The molecule has 4 aromatic rings. The van der Waals surface area contributed by atoms with Crippen LogP contribution in [0.4, 0.5) is 11.5 Å². The second-order valence-electron chi connectivity index (χ2n) is 9.27. The molecule has 1 saturated heterocycles. The molecule has 0 spiro atoms. The zero-order valence-electron chi connectivity index (χ0n) is 21.3. The molecular weight excluding hydrogens is 502 g/mol. The van der Waals surface area contributed by atoms with E-state index < -0.39 is 15.5 Å². The molecule has 1 aliphatic heterocycles. The molecule has 3 heterocycles. The van der Waals surface area contributed by atoms with Crippen molar-refractivity contribution in [2.75, 3.05) is 41.9 Å². The average molecular weight is 533 g/mol. The third kappa shape index (κ3) is 4.74. The number of aromatic nitrogens is 2. The zero-order valence-corrected chi connectivity index (χ0v) is 22.2. The molecule has 2 aromatic carbocycles. The maximum atomic E-state index is 13.6. The van der Waals surface area contributed by atoms with Crippen LogP contribution in [0.2, 0.25) is 0 Å². The highest BCUT2D eigenvalue weighted by molar-refractivity contribution is 7.92. The third-order valence-electron chi connectivity index (χ3n) is 6.85. The normalized spacial score (nSPS) is 14.1. The summed E-state index contributed by atoms with van der Waals surface area (Å²) in [5, 5.41) is 0.162. The van der Waals surface area contributed by atoms with Crippen LogP contribution in [0.15, 0.2) is 82.7 Å². The minimum Gasteiger partial charge on any atom is -0.360 e. The molecule has 196 valence electrons. The number of amides is 1. The molecule has 0 radical (unpaired) electrons. The quantitative estimate of drug-likeness (QED) is 0.411. The molecule has 0 aliphatic carbocycles. The van der Waals surface area contributed by atoms with E-state index in [1.54, 1.807) is 30.0 Å². The fourth-order valence-corrected chi connectivity index (χ4v) is 6.31. The summed E-state index contributed by atoms with van der Waals surface area (Å²) in [7, 11) is -3.94. The first-order chi connectivity index (χ1) is 18.3. The van der Waals surface area contributed by atoms with Crippen LogP contribution in [0.5, 0.6) is 0 Å². The first-order valence-corrected chi connectivity index (χ1v) is 14.0. The summed E-state index contributed by atoms with van der Waals surface area (Å²) in [6, 6.07) is 17.5. The number of sulfonamides is 1. The Bertz CT molecular complexity index is 1650. The van der Waals surface area contributed by atoms with Gasteiger partial charge in [-0.05, 0) is 55.8 Å². The summed E-state index contributed by atoms with van der Waals surface area (Å²) >= 11 is 0. The summed E-state index contributed by atoms with van der Waals surface area (Å²) in [4.78, 5) is 36.8. The summed E-state index contributed by atoms with van der Waals surface area (Å²) in [5.74, 6) is 0.608. The molecule has 2 N–H and O–H groups in total. The molecule has 0 bridgehead atoms. The number of aryl methyl sites for hydroxylation is 1. The molecule has 38 heavy (non-hydrogen) atoms. The molecule has 1 amide bonds. The Morgan fingerprint density at radius 1 is 1.03 bits per heavy atom. The minimum atomic E-state index is -3.94. The standard InChI is InChI=1S/C28H29N5O4S/c1-3-33(21-8-6-7-20(2)17-21)38(36,37)22-10-11-25-23(18-22)27(34)24(19-30-25)28(35)32-15-13-31(14-16-32)26-9-4-5-12-29-26/h4-12,17-19H,3,13-16H2,1-2H3,(H,30,34)/p+1. The van der Waals surface area contributed by atoms with E-state index in [0.717, 1.165) is 11.4 Å². The molecule has 5 rings (SSSR count). The van der Waals surface area contributed by atoms with Gasteiger partial charge >= 0.3 is 0 Å². The Labute approximate surface area is 221 Å². The van der Waals surface area contributed by atoms with Crippen LogP contribution in [0.3, 0.4) is 0 Å². The summed E-state index contributed by atoms with van der Waals surface area (Å²) < 4.78 is 28.5. The molecule has 9 nitrogen and oxygen atoms in total. The topological polar surface area (TPSA) is 108 Å². The van der Waals surface area contributed by atoms with E-state index in [-0.39, 0.29) is 28.3 Å². The van der Waals surface area contributed by atoms with Crippen molar-refractivity contribution in [3.05, 3.63) is 94.4 Å². The van der Waals surface area contributed by atoms with Crippen molar-refractivity contribution < 1.29 is 18.2 Å². The van der Waals surface area contributed by atoms with E-state index >= 15 is 0 Å². The summed E-state index contributed by atoms with van der Waals surface area (Å²) in [6.45, 7) is 6.09. The highest BCUT2D eigenvalue weighted by Gasteiger charge is 2.29. The predicted octanol–water partition coefficient (Wildman–Crippen LogP) is 2.83. The molecule has 2 aromatic heterocycles. The van der Waals surface area contributed by atoms with Crippen LogP contribution < -0.4 is 19.6 Å². The molecule has 1 aliphatic rings. The number of benzene rings is 2. The number of pyridine rings is 2. The van der Waals surface area contributed by atoms with E-state index in [1.165, 1.54) is 22.6 Å². The van der Waals surface area contributed by atoms with Crippen LogP contribution in [0.25, 0.3) is 10.9 Å². The number of nitrogens with one attached hydrogen (secondary N) is 2. The van der Waals surface area contributed by atoms with Gasteiger partial charge in [0.2, 0.25) is 5.43 Å². The average Bonchev–Trinajstić information content (AvgIpc) is 2.94. The van der Waals surface area contributed by atoms with Gasteiger partial charge in [0.05, 0.1) is 29.9 Å². The third-order valence-corrected chi connectivity index (χ3v) is 8.75. The van der Waals surface area contributed by atoms with Gasteiger partial charge in [0.1, 0.15) is 18.7 Å². The molecule has 0 atom stereocenters. The summed E-state index contributed by atoms with van der Waals surface area (Å²) in [5.41, 5.74) is 1.47. The predicted molar refractivity (Wildman–Crippen MR) is 147 cm³/mol. The van der Waals surface area contributed by atoms with Crippen molar-refractivity contribution >= 4 is 38.3 Å². The van der Waals surface area contributed by atoms with Crippen molar-refractivity contribution in [2.45, 2.75) is 18.7 Å². The number of piperazine rings is 1. The lowest BCUT2D eigenvalue weighted by atomic mass is 10.1. The van der Waals surface area contributed by atoms with Gasteiger partial charge in [-0.3, -0.25) is 18.8 Å². The maximum absolute atomic E-state index is 13.6. The van der Waals surface area contributed by atoms with Gasteiger partial charge in [0.25, 0.3) is 21.7 Å². The lowest BCUT2D eigenvalue weighted by Gasteiger charge is -2.30. The number of rotatable bonds is 6. The Kier molecular flexibility index (Phi) is 6.90. The van der Waals surface area contributed by atoms with Gasteiger partial charge in [0, 0.05) is 29.7 Å². The number of carbonyl (C=O) groups is 1. The second-order valence-corrected chi connectivity index (χ2v) is 11.1. The molecule has 0 unspecified atom stereocenters. The van der Waals surface area contributed by atoms with Gasteiger partial charge < -0.3 is 9.88 Å². The first kappa shape index (κ1) is 25.5. The van der Waals surface area contributed by atoms with Crippen LogP contribution in [-0.2, 0) is 10.0 Å². The number of anilines is 2. The van der Waals surface area contributed by atoms with E-state index in [2.05, 4.69) is 14.9 Å². The lowest BCUT2D eigenvalue weighted by Crippen LogP contribution is -2.50. The smallest absolute Gasteiger partial charge is 0.274 e. The van der Waals surface area contributed by atoms with Crippen molar-refractivity contribution in [3.8, 4) is 0 Å². The van der Waals surface area contributed by atoms with Crippen molar-refractivity contribution in [1.29, 1.82) is 0 Å². The largest absolute Gasteiger partial charge is 0.360 e. The highest BCUT2D eigenvalue weighted by atomic mass is 32.2. The Morgan fingerprint density at radius 2 is 1.82 bits per heavy atom. The Hall–Kier alpha value is -4.18. The van der Waals surface area contributed by atoms with Crippen LogP contribution >= 0.6 is 0 Å². The van der Waals surface area contributed by atoms with Crippen molar-refractivity contribution in [1.82, 2.24) is 9.88 Å². The number of hydrogen-bond acceptors (Lipinski definition) is 5. The number of hydrogen-bond donors (Lipinski definition) is 1. The number of nitrogens with zero attached hydrogens (tertiary/aromatic N) is 3. The van der Waals surface area contributed by atoms with Gasteiger partial charge in [0.15, 0.2) is 0 Å². The molecule has 1 fully saturated rings. The minimum absolute atomic E-state index is 0.00203. The number of H-pyrrole nitrogens is 2. The zero-order chi connectivity index (χ0) is 26.9. The maximum Gasteiger partial charge on any atom is 0.274 e. The van der Waals surface area contributed by atoms with Crippen molar-refractivity contribution in [3.63, 3.8) is 0 Å². The fourth-order valence-electron chi connectivity index (χ4n) is 4.82. The molecule has 0 saturated carbocycles. The van der Waals surface area contributed by atoms with Gasteiger partial charge in [-0.25, -0.2) is 13.4 Å². The van der Waals surface area contributed by atoms with E-state index in [4.69, 9.17) is 0 Å². The molecule has 10 heteroatoms. The monoisotopic (exact) mass is 532 g/mol. The summed E-state index contributed by atoms with van der Waals surface area (Å²) in [6.07, 6.45) is 3.28. The highest BCUT2D eigenvalue weighted by Crippen LogP contribution is 2.26. The van der Waals surface area contributed by atoms with Gasteiger partial charge in [-0.1, -0.05) is 18.2 Å². The molecular formula is C28H30N5O4S+. The van der Waals surface area contributed by atoms with Crippen LogP contribution in [0.1, 0.15) is 22.8 Å². The Morgan fingerprint density at radius 3 is 2.50 bits per heavy atom. The van der Waals surface area contributed by atoms with Gasteiger partial charge in [-0.2, -0.15) is 0 Å². The fraction of sp³-hybridized carbons (Fsp3) is 0.250. The van der Waals surface area contributed by atoms with E-state index in [0.29, 0.717) is 37.4 Å². The Balaban J connectivity index is 1.43. The second kappa shape index (κ2) is 10.3. The SMILES string of the molecule is CCN(c1cccc(C)c1)S(=O)(=O)c1ccc2[nH]cc(C(=O)N3CCN(c4cccc[nH+]4)CC3)c(=O)c2c1. The van der Waals surface area contributed by atoms with Crippen LogP contribution in [-0.4, -0.2) is 56.9 Å². The van der Waals surface area contributed by atoms with Crippen LogP contribution in [0, 0.1) is 6.92 Å². The number of fused-ring (bicyclic) bond motifs is 1. The van der Waals surface area contributed by atoms with E-state index in [9.17, 15) is 18.0 Å². The van der Waals surface area contributed by atoms with Crippen molar-refractivity contribution in [2.24, 2.45) is 0 Å². The first-order valence-electron chi connectivity index (χ1n) is 12.6.